The Morgan fingerprint density at radius 2 is 2.14 bits per heavy atom. The number of amides is 1. The van der Waals surface area contributed by atoms with E-state index in [0.29, 0.717) is 16.5 Å². The predicted octanol–water partition coefficient (Wildman–Crippen LogP) is 0.837. The van der Waals surface area contributed by atoms with Gasteiger partial charge in [0.25, 0.3) is 5.56 Å². The molecular weight excluding hydrogens is 298 g/mol. The molecule has 1 aromatic heterocycles. The van der Waals surface area contributed by atoms with Crippen LogP contribution >= 0.6 is 11.6 Å². The molecule has 110 valence electrons. The number of carbonyl (C=O) groups excluding carboxylic acids is 1. The molecule has 0 aliphatic rings. The number of methoxy groups -OCH3 is 1. The van der Waals surface area contributed by atoms with Crippen molar-refractivity contribution in [2.45, 2.75) is 6.54 Å². The molecule has 21 heavy (non-hydrogen) atoms. The largest absolute Gasteiger partial charge is 0.495 e. The maximum atomic E-state index is 11.9. The van der Waals surface area contributed by atoms with Crippen LogP contribution in [0.3, 0.4) is 0 Å². The molecule has 0 fully saturated rings. The first kappa shape index (κ1) is 14.9. The Balaban J connectivity index is 2.17. The number of halogens is 1. The van der Waals surface area contributed by atoms with Crippen LogP contribution in [-0.2, 0) is 11.3 Å². The maximum absolute atomic E-state index is 11.9. The number of benzene rings is 1. The van der Waals surface area contributed by atoms with Gasteiger partial charge in [0.2, 0.25) is 5.91 Å². The Morgan fingerprint density at radius 1 is 1.38 bits per heavy atom. The van der Waals surface area contributed by atoms with Gasteiger partial charge in [-0.3, -0.25) is 19.1 Å². The summed E-state index contributed by atoms with van der Waals surface area (Å²) in [4.78, 5) is 36.4. The van der Waals surface area contributed by atoms with Crippen molar-refractivity contribution in [2.75, 3.05) is 12.4 Å². The van der Waals surface area contributed by atoms with Crippen molar-refractivity contribution in [3.8, 4) is 5.75 Å². The van der Waals surface area contributed by atoms with Crippen LogP contribution in [0.1, 0.15) is 0 Å². The number of nitrogens with one attached hydrogen (secondary N) is 2. The molecular formula is C13H12ClN3O4. The lowest BCUT2D eigenvalue weighted by molar-refractivity contribution is -0.116. The van der Waals surface area contributed by atoms with Crippen LogP contribution in [0, 0.1) is 0 Å². The van der Waals surface area contributed by atoms with Crippen molar-refractivity contribution in [1.82, 2.24) is 9.55 Å². The molecule has 8 heteroatoms. The number of nitrogens with zero attached hydrogens (tertiary/aromatic N) is 1. The van der Waals surface area contributed by atoms with Gasteiger partial charge in [0.15, 0.2) is 0 Å². The summed E-state index contributed by atoms with van der Waals surface area (Å²) in [5.74, 6) is -0.00807. The van der Waals surface area contributed by atoms with Gasteiger partial charge < -0.3 is 10.1 Å². The molecule has 0 radical (unpaired) electrons. The Kier molecular flexibility index (Phi) is 4.44. The fourth-order valence-electron chi connectivity index (χ4n) is 1.69. The van der Waals surface area contributed by atoms with E-state index in [-0.39, 0.29) is 6.54 Å². The first-order valence-electron chi connectivity index (χ1n) is 5.93. The number of aromatic amines is 1. The average molecular weight is 310 g/mol. The van der Waals surface area contributed by atoms with Gasteiger partial charge >= 0.3 is 5.69 Å². The molecule has 2 aromatic rings. The predicted molar refractivity (Wildman–Crippen MR) is 78.0 cm³/mol. The second kappa shape index (κ2) is 6.27. The molecule has 0 aliphatic carbocycles. The van der Waals surface area contributed by atoms with Crippen molar-refractivity contribution >= 4 is 23.2 Å². The summed E-state index contributed by atoms with van der Waals surface area (Å²) in [6, 6.07) is 5.94. The topological polar surface area (TPSA) is 93.2 Å². The fraction of sp³-hybridized carbons (Fsp3) is 0.154. The lowest BCUT2D eigenvalue weighted by Gasteiger charge is -2.11. The normalized spacial score (nSPS) is 10.2. The highest BCUT2D eigenvalue weighted by molar-refractivity contribution is 6.31. The zero-order valence-electron chi connectivity index (χ0n) is 11.1. The molecule has 2 N–H and O–H groups in total. The van der Waals surface area contributed by atoms with Crippen molar-refractivity contribution in [1.29, 1.82) is 0 Å². The van der Waals surface area contributed by atoms with Gasteiger partial charge in [0.05, 0.1) is 12.8 Å². The minimum atomic E-state index is -0.657. The molecule has 0 unspecified atom stereocenters. The number of aromatic nitrogens is 2. The second-order valence-corrected chi connectivity index (χ2v) is 4.57. The third-order valence-electron chi connectivity index (χ3n) is 2.65. The third-order valence-corrected chi connectivity index (χ3v) is 2.88. The summed E-state index contributed by atoms with van der Waals surface area (Å²) in [5.41, 5.74) is -0.781. The zero-order valence-corrected chi connectivity index (χ0v) is 11.8. The van der Waals surface area contributed by atoms with Crippen molar-refractivity contribution in [3.05, 3.63) is 56.3 Å². The number of H-pyrrole nitrogens is 1. The molecule has 0 spiro atoms. The monoisotopic (exact) mass is 309 g/mol. The van der Waals surface area contributed by atoms with Gasteiger partial charge in [-0.05, 0) is 18.2 Å². The number of hydrogen-bond acceptors (Lipinski definition) is 4. The smallest absolute Gasteiger partial charge is 0.328 e. The Bertz CT molecular complexity index is 781. The summed E-state index contributed by atoms with van der Waals surface area (Å²) >= 11 is 5.86. The van der Waals surface area contributed by atoms with Crippen LogP contribution in [0.25, 0.3) is 0 Å². The Labute approximate surface area is 124 Å². The highest BCUT2D eigenvalue weighted by atomic mass is 35.5. The lowest BCUT2D eigenvalue weighted by Crippen LogP contribution is -2.32. The molecule has 7 nitrogen and oxygen atoms in total. The number of hydrogen-bond donors (Lipinski definition) is 2. The highest BCUT2D eigenvalue weighted by Crippen LogP contribution is 2.27. The molecule has 1 heterocycles. The first-order valence-corrected chi connectivity index (χ1v) is 6.30. The summed E-state index contributed by atoms with van der Waals surface area (Å²) < 4.78 is 6.18. The molecule has 1 amide bonds. The lowest BCUT2D eigenvalue weighted by atomic mass is 10.3. The molecule has 0 saturated carbocycles. The van der Waals surface area contributed by atoms with E-state index in [9.17, 15) is 14.4 Å². The number of rotatable bonds is 4. The van der Waals surface area contributed by atoms with E-state index in [1.165, 1.54) is 19.4 Å². The Morgan fingerprint density at radius 3 is 2.81 bits per heavy atom. The second-order valence-electron chi connectivity index (χ2n) is 4.13. The third kappa shape index (κ3) is 3.73. The van der Waals surface area contributed by atoms with Gasteiger partial charge in [0.1, 0.15) is 12.3 Å². The van der Waals surface area contributed by atoms with Crippen LogP contribution < -0.4 is 21.3 Å². The van der Waals surface area contributed by atoms with Crippen LogP contribution in [0.5, 0.6) is 5.75 Å². The van der Waals surface area contributed by atoms with Gasteiger partial charge in [-0.1, -0.05) is 11.6 Å². The standard InChI is InChI=1S/C13H12ClN3O4/c1-21-10-3-2-8(14)6-9(10)15-12(19)7-17-5-4-11(18)16-13(17)20/h2-6H,7H2,1H3,(H,15,19)(H,16,18,20). The van der Waals surface area contributed by atoms with Gasteiger partial charge in [-0.25, -0.2) is 4.79 Å². The highest BCUT2D eigenvalue weighted by Gasteiger charge is 2.09. The number of anilines is 1. The van der Waals surface area contributed by atoms with E-state index in [1.807, 2.05) is 0 Å². The average Bonchev–Trinajstić information content (AvgIpc) is 2.42. The zero-order chi connectivity index (χ0) is 15.4. The van der Waals surface area contributed by atoms with Gasteiger partial charge in [0, 0.05) is 17.3 Å². The molecule has 0 saturated heterocycles. The van der Waals surface area contributed by atoms with Gasteiger partial charge in [-0.15, -0.1) is 0 Å². The maximum Gasteiger partial charge on any atom is 0.328 e. The van der Waals surface area contributed by atoms with Gasteiger partial charge in [-0.2, -0.15) is 0 Å². The van der Waals surface area contributed by atoms with Crippen LogP contribution in [0.2, 0.25) is 5.02 Å². The van der Waals surface area contributed by atoms with Crippen LogP contribution in [0.15, 0.2) is 40.1 Å². The minimum Gasteiger partial charge on any atom is -0.495 e. The summed E-state index contributed by atoms with van der Waals surface area (Å²) in [7, 11) is 1.46. The molecule has 0 aliphatic heterocycles. The number of ether oxygens (including phenoxy) is 1. The summed E-state index contributed by atoms with van der Waals surface area (Å²) in [6.07, 6.45) is 1.25. The van der Waals surface area contributed by atoms with E-state index < -0.39 is 17.2 Å². The quantitative estimate of drug-likeness (QED) is 0.875. The molecule has 0 atom stereocenters. The molecule has 0 bridgehead atoms. The summed E-state index contributed by atoms with van der Waals surface area (Å²) in [5, 5.41) is 3.03. The van der Waals surface area contributed by atoms with E-state index in [4.69, 9.17) is 16.3 Å². The van der Waals surface area contributed by atoms with Crippen LogP contribution in [-0.4, -0.2) is 22.6 Å². The Hall–Kier alpha value is -2.54. The van der Waals surface area contributed by atoms with Crippen LogP contribution in [0.4, 0.5) is 5.69 Å². The number of carbonyl (C=O) groups is 1. The fourth-order valence-corrected chi connectivity index (χ4v) is 1.86. The molecule has 1 aromatic carbocycles. The van der Waals surface area contributed by atoms with Crippen molar-refractivity contribution < 1.29 is 9.53 Å². The van der Waals surface area contributed by atoms with Crippen molar-refractivity contribution in [2.24, 2.45) is 0 Å². The SMILES string of the molecule is COc1ccc(Cl)cc1NC(=O)Cn1ccc(=O)[nH]c1=O. The molecule has 2 rings (SSSR count). The van der Waals surface area contributed by atoms with E-state index in [1.54, 1.807) is 12.1 Å². The summed E-state index contributed by atoms with van der Waals surface area (Å²) in [6.45, 7) is -0.245. The van der Waals surface area contributed by atoms with Crippen molar-refractivity contribution in [3.63, 3.8) is 0 Å². The first-order chi connectivity index (χ1) is 9.99. The van der Waals surface area contributed by atoms with E-state index in [2.05, 4.69) is 10.3 Å². The minimum absolute atomic E-state index is 0.245. The van der Waals surface area contributed by atoms with E-state index in [0.717, 1.165) is 10.6 Å². The van der Waals surface area contributed by atoms with E-state index >= 15 is 0 Å².